The molecule has 7 nitrogen and oxygen atoms in total. The van der Waals surface area contributed by atoms with E-state index in [2.05, 4.69) is 4.98 Å². The summed E-state index contributed by atoms with van der Waals surface area (Å²) >= 11 is 5.97. The predicted octanol–water partition coefficient (Wildman–Crippen LogP) is 4.37. The number of ether oxygens (including phenoxy) is 2. The highest BCUT2D eigenvalue weighted by molar-refractivity contribution is 6.27. The number of aromatic nitrogens is 1. The normalized spacial score (nSPS) is 17.9. The van der Waals surface area contributed by atoms with Crippen molar-refractivity contribution in [2.75, 3.05) is 13.0 Å². The van der Waals surface area contributed by atoms with Crippen molar-refractivity contribution in [2.24, 2.45) is 5.41 Å². The van der Waals surface area contributed by atoms with E-state index in [4.69, 9.17) is 21.1 Å². The maximum Gasteiger partial charge on any atom is 0.328 e. The number of esters is 2. The highest BCUT2D eigenvalue weighted by Crippen LogP contribution is 2.41. The second-order valence-corrected chi connectivity index (χ2v) is 9.62. The average Bonchev–Trinajstić information content (AvgIpc) is 3.20. The summed E-state index contributed by atoms with van der Waals surface area (Å²) in [6.07, 6.45) is 0.312. The maximum absolute atomic E-state index is 13.0. The van der Waals surface area contributed by atoms with Gasteiger partial charge >= 0.3 is 11.9 Å². The van der Waals surface area contributed by atoms with Crippen molar-refractivity contribution in [3.8, 4) is 5.75 Å². The Hall–Kier alpha value is -3.32. The second kappa shape index (κ2) is 9.14. The van der Waals surface area contributed by atoms with Crippen LogP contribution >= 0.6 is 11.6 Å². The van der Waals surface area contributed by atoms with E-state index in [9.17, 15) is 14.4 Å². The summed E-state index contributed by atoms with van der Waals surface area (Å²) in [5, 5.41) is 0.991. The molecule has 0 aliphatic carbocycles. The fourth-order valence-electron chi connectivity index (χ4n) is 4.31. The number of carbonyl (C=O) groups excluding carboxylic acids is 3. The third-order valence-electron chi connectivity index (χ3n) is 6.03. The summed E-state index contributed by atoms with van der Waals surface area (Å²) in [6.45, 7) is 5.35. The van der Waals surface area contributed by atoms with E-state index in [1.165, 1.54) is 12.0 Å². The molecule has 1 amide bonds. The molecule has 0 fully saturated rings. The Morgan fingerprint density at radius 2 is 1.76 bits per heavy atom. The molecule has 2 heterocycles. The summed E-state index contributed by atoms with van der Waals surface area (Å²) in [6, 6.07) is 13.3. The van der Waals surface area contributed by atoms with E-state index in [1.54, 1.807) is 45.0 Å². The van der Waals surface area contributed by atoms with Gasteiger partial charge in [0.15, 0.2) is 0 Å². The summed E-state index contributed by atoms with van der Waals surface area (Å²) in [5.74, 6) is -1.11. The molecule has 0 saturated carbocycles. The first-order valence-corrected chi connectivity index (χ1v) is 11.6. The molecule has 3 aromatic rings. The largest absolute Gasteiger partial charge is 0.467 e. The number of H-pyrrole nitrogens is 1. The molecule has 8 heteroatoms. The number of benzene rings is 2. The van der Waals surface area contributed by atoms with Gasteiger partial charge in [0.2, 0.25) is 5.91 Å². The molecule has 1 aliphatic rings. The van der Waals surface area contributed by atoms with E-state index in [0.29, 0.717) is 12.2 Å². The number of hydrogen-bond acceptors (Lipinski definition) is 5. The molecular formula is C26H27ClN2O5. The number of fused-ring (bicyclic) bond motifs is 3. The van der Waals surface area contributed by atoms with E-state index in [0.717, 1.165) is 27.7 Å². The minimum absolute atomic E-state index is 0.277. The quantitative estimate of drug-likeness (QED) is 0.339. The number of carbonyl (C=O) groups is 3. The van der Waals surface area contributed by atoms with Crippen molar-refractivity contribution in [3.63, 3.8) is 0 Å². The van der Waals surface area contributed by atoms with Gasteiger partial charge in [-0.3, -0.25) is 9.59 Å². The van der Waals surface area contributed by atoms with Crippen LogP contribution in [0.15, 0.2) is 48.5 Å². The molecule has 178 valence electrons. The van der Waals surface area contributed by atoms with Crippen LogP contribution in [0.25, 0.3) is 10.9 Å². The molecule has 0 unspecified atom stereocenters. The monoisotopic (exact) mass is 482 g/mol. The zero-order valence-electron chi connectivity index (χ0n) is 19.6. The van der Waals surface area contributed by atoms with Crippen molar-refractivity contribution >= 4 is 40.3 Å². The number of rotatable bonds is 4. The van der Waals surface area contributed by atoms with Gasteiger partial charge in [-0.05, 0) is 50.1 Å². The average molecular weight is 483 g/mol. The Labute approximate surface area is 203 Å². The van der Waals surface area contributed by atoms with Crippen molar-refractivity contribution in [2.45, 2.75) is 39.3 Å². The van der Waals surface area contributed by atoms with Crippen LogP contribution < -0.4 is 4.74 Å². The number of nitrogens with zero attached hydrogens (tertiary/aromatic N) is 1. The van der Waals surface area contributed by atoms with Crippen molar-refractivity contribution in [1.82, 2.24) is 9.88 Å². The summed E-state index contributed by atoms with van der Waals surface area (Å²) in [4.78, 5) is 43.0. The zero-order valence-corrected chi connectivity index (χ0v) is 20.3. The molecule has 1 aromatic heterocycles. The number of para-hydroxylation sites is 1. The fraction of sp³-hybridized carbons (Fsp3) is 0.346. The molecule has 1 N–H and O–H groups in total. The Kier molecular flexibility index (Phi) is 6.41. The van der Waals surface area contributed by atoms with Crippen LogP contribution in [0.1, 0.15) is 43.6 Å². The van der Waals surface area contributed by atoms with Crippen LogP contribution in [0.3, 0.4) is 0 Å². The van der Waals surface area contributed by atoms with Crippen LogP contribution in [-0.4, -0.2) is 46.8 Å². The predicted molar refractivity (Wildman–Crippen MR) is 129 cm³/mol. The standard InChI is InChI=1S/C26H27ClN2O5/c1-26(2,3)25(32)34-16-11-9-15(10-12-16)23-22-18(17-7-5-6-8-19(17)28-22)13-20(24(31)33-4)29(23)21(30)14-27/h5-12,20,23,28H,13-14H2,1-4H3/t20-,23+/m1/s1. The van der Waals surface area contributed by atoms with Gasteiger partial charge in [-0.2, -0.15) is 0 Å². The van der Waals surface area contributed by atoms with Gasteiger partial charge < -0.3 is 19.4 Å². The van der Waals surface area contributed by atoms with Gasteiger partial charge in [-0.15, -0.1) is 11.6 Å². The number of nitrogens with one attached hydrogen (secondary N) is 1. The van der Waals surface area contributed by atoms with Gasteiger partial charge in [-0.1, -0.05) is 30.3 Å². The van der Waals surface area contributed by atoms with Crippen LogP contribution in [-0.2, 0) is 25.5 Å². The van der Waals surface area contributed by atoms with Crippen LogP contribution in [0.2, 0.25) is 0 Å². The topological polar surface area (TPSA) is 88.7 Å². The second-order valence-electron chi connectivity index (χ2n) is 9.35. The molecule has 2 aromatic carbocycles. The third-order valence-corrected chi connectivity index (χ3v) is 6.25. The van der Waals surface area contributed by atoms with Crippen LogP contribution in [0.4, 0.5) is 0 Å². The van der Waals surface area contributed by atoms with E-state index in [-0.39, 0.29) is 17.8 Å². The first-order chi connectivity index (χ1) is 16.2. The molecule has 34 heavy (non-hydrogen) atoms. The third kappa shape index (κ3) is 4.28. The number of amides is 1. The minimum Gasteiger partial charge on any atom is -0.467 e. The lowest BCUT2D eigenvalue weighted by atomic mass is 9.88. The number of methoxy groups -OCH3 is 1. The number of halogens is 1. The molecule has 2 atom stereocenters. The molecule has 0 saturated heterocycles. The number of aromatic amines is 1. The molecular weight excluding hydrogens is 456 g/mol. The highest BCUT2D eigenvalue weighted by atomic mass is 35.5. The smallest absolute Gasteiger partial charge is 0.328 e. The lowest BCUT2D eigenvalue weighted by molar-refractivity contribution is -0.154. The van der Waals surface area contributed by atoms with Crippen molar-refractivity contribution in [3.05, 3.63) is 65.4 Å². The van der Waals surface area contributed by atoms with Crippen LogP contribution in [0.5, 0.6) is 5.75 Å². The molecule has 0 spiro atoms. The lowest BCUT2D eigenvalue weighted by Crippen LogP contribution is -2.52. The molecule has 4 rings (SSSR count). The number of alkyl halides is 1. The van der Waals surface area contributed by atoms with Gasteiger partial charge in [0.25, 0.3) is 0 Å². The van der Waals surface area contributed by atoms with Crippen molar-refractivity contribution in [1.29, 1.82) is 0 Å². The lowest BCUT2D eigenvalue weighted by Gasteiger charge is -2.40. The Morgan fingerprint density at radius 3 is 2.38 bits per heavy atom. The highest BCUT2D eigenvalue weighted by Gasteiger charge is 2.43. The molecule has 0 bridgehead atoms. The van der Waals surface area contributed by atoms with Gasteiger partial charge in [0.05, 0.1) is 18.6 Å². The van der Waals surface area contributed by atoms with Crippen molar-refractivity contribution < 1.29 is 23.9 Å². The summed E-state index contributed by atoms with van der Waals surface area (Å²) in [7, 11) is 1.31. The number of hydrogen-bond donors (Lipinski definition) is 1. The Balaban J connectivity index is 1.83. The minimum atomic E-state index is -0.827. The molecule has 1 aliphatic heterocycles. The fourth-order valence-corrected chi connectivity index (χ4v) is 4.45. The Morgan fingerprint density at radius 1 is 1.09 bits per heavy atom. The van der Waals surface area contributed by atoms with Crippen LogP contribution in [0, 0.1) is 5.41 Å². The van der Waals surface area contributed by atoms with Gasteiger partial charge in [-0.25, -0.2) is 4.79 Å². The molecule has 0 radical (unpaired) electrons. The summed E-state index contributed by atoms with van der Waals surface area (Å²) < 4.78 is 10.5. The first-order valence-electron chi connectivity index (χ1n) is 11.0. The van der Waals surface area contributed by atoms with Gasteiger partial charge in [0, 0.05) is 23.0 Å². The van der Waals surface area contributed by atoms with E-state index in [1.807, 2.05) is 24.3 Å². The Bertz CT molecular complexity index is 1240. The SMILES string of the molecule is COC(=O)[C@H]1Cc2c([nH]c3ccccc23)[C@H](c2ccc(OC(=O)C(C)(C)C)cc2)N1C(=O)CCl. The zero-order chi connectivity index (χ0) is 24.6. The first kappa shape index (κ1) is 23.8. The summed E-state index contributed by atoms with van der Waals surface area (Å²) in [5.41, 5.74) is 2.79. The van der Waals surface area contributed by atoms with E-state index < -0.39 is 23.5 Å². The van der Waals surface area contributed by atoms with E-state index >= 15 is 0 Å². The van der Waals surface area contributed by atoms with Gasteiger partial charge in [0.1, 0.15) is 17.7 Å². The maximum atomic E-state index is 13.0.